The predicted molar refractivity (Wildman–Crippen MR) is 76.3 cm³/mol. The molecule has 19 heavy (non-hydrogen) atoms. The summed E-state index contributed by atoms with van der Waals surface area (Å²) in [5.41, 5.74) is 0.923. The number of hydrogen-bond acceptors (Lipinski definition) is 4. The molecule has 2 N–H and O–H groups in total. The van der Waals surface area contributed by atoms with Gasteiger partial charge in [-0.25, -0.2) is 0 Å². The Morgan fingerprint density at radius 2 is 2.00 bits per heavy atom. The second kappa shape index (κ2) is 6.55. The molecule has 0 aliphatic rings. The molecule has 1 rings (SSSR count). The lowest BCUT2D eigenvalue weighted by Gasteiger charge is -2.23. The van der Waals surface area contributed by atoms with Crippen LogP contribution in [0.4, 0.5) is 0 Å². The number of hydrogen-bond donors (Lipinski definition) is 2. The third-order valence-electron chi connectivity index (χ3n) is 2.91. The average molecular weight is 269 g/mol. The molecule has 2 atom stereocenters. The molecule has 1 aromatic heterocycles. The van der Waals surface area contributed by atoms with Crippen LogP contribution < -0.4 is 5.32 Å². The number of aliphatic hydroxyl groups excluding tert-OH is 1. The molecule has 2 unspecified atom stereocenters. The van der Waals surface area contributed by atoms with E-state index in [0.29, 0.717) is 13.2 Å². The van der Waals surface area contributed by atoms with Crippen molar-refractivity contribution in [2.24, 2.45) is 0 Å². The number of aliphatic hydroxyl groups is 1. The summed E-state index contributed by atoms with van der Waals surface area (Å²) in [5, 5.41) is 13.2. The van der Waals surface area contributed by atoms with Crippen molar-refractivity contribution in [2.75, 3.05) is 13.2 Å². The molecule has 0 fully saturated rings. The van der Waals surface area contributed by atoms with E-state index in [2.05, 4.69) is 12.2 Å². The van der Waals surface area contributed by atoms with Gasteiger partial charge in [0, 0.05) is 18.2 Å². The van der Waals surface area contributed by atoms with Crippen LogP contribution in [-0.4, -0.2) is 30.0 Å². The fourth-order valence-electron chi connectivity index (χ4n) is 1.91. The maximum absolute atomic E-state index is 9.87. The van der Waals surface area contributed by atoms with Gasteiger partial charge >= 0.3 is 0 Å². The van der Waals surface area contributed by atoms with Gasteiger partial charge in [0.25, 0.3) is 0 Å². The van der Waals surface area contributed by atoms with Crippen LogP contribution in [0.3, 0.4) is 0 Å². The SMILES string of the molecule is Cc1cc(C(C)NCC(O)COC(C)(C)C)c(C)o1. The van der Waals surface area contributed by atoms with E-state index in [9.17, 15) is 5.11 Å². The first-order valence-corrected chi connectivity index (χ1v) is 6.81. The lowest BCUT2D eigenvalue weighted by Crippen LogP contribution is -2.34. The van der Waals surface area contributed by atoms with E-state index >= 15 is 0 Å². The molecular formula is C15H27NO3. The first-order chi connectivity index (χ1) is 8.69. The van der Waals surface area contributed by atoms with E-state index in [-0.39, 0.29) is 11.6 Å². The average Bonchev–Trinajstić information content (AvgIpc) is 2.61. The predicted octanol–water partition coefficient (Wildman–Crippen LogP) is 2.72. The summed E-state index contributed by atoms with van der Waals surface area (Å²) < 4.78 is 11.1. The quantitative estimate of drug-likeness (QED) is 0.833. The monoisotopic (exact) mass is 269 g/mol. The van der Waals surface area contributed by atoms with E-state index in [1.807, 2.05) is 40.7 Å². The van der Waals surface area contributed by atoms with Crippen LogP contribution in [0.1, 0.15) is 50.8 Å². The second-order valence-electron chi connectivity index (χ2n) is 6.08. The Kier molecular flexibility index (Phi) is 5.59. The summed E-state index contributed by atoms with van der Waals surface area (Å²) in [6.45, 7) is 12.7. The van der Waals surface area contributed by atoms with Crippen molar-refractivity contribution in [3.05, 3.63) is 23.2 Å². The maximum atomic E-state index is 9.87. The van der Waals surface area contributed by atoms with Crippen molar-refractivity contribution < 1.29 is 14.3 Å². The summed E-state index contributed by atoms with van der Waals surface area (Å²) in [6.07, 6.45) is -0.505. The Morgan fingerprint density at radius 1 is 1.37 bits per heavy atom. The third kappa shape index (κ3) is 5.76. The number of furan rings is 1. The summed E-state index contributed by atoms with van der Waals surface area (Å²) >= 11 is 0. The van der Waals surface area contributed by atoms with Gasteiger partial charge in [-0.1, -0.05) is 0 Å². The second-order valence-corrected chi connectivity index (χ2v) is 6.08. The van der Waals surface area contributed by atoms with Crippen molar-refractivity contribution in [2.45, 2.75) is 59.3 Å². The molecule has 0 radical (unpaired) electrons. The number of aryl methyl sites for hydroxylation is 2. The molecule has 0 aliphatic heterocycles. The standard InChI is InChI=1S/C15H27NO3/c1-10-7-14(12(3)19-10)11(2)16-8-13(17)9-18-15(4,5)6/h7,11,13,16-17H,8-9H2,1-6H3. The van der Waals surface area contributed by atoms with Crippen LogP contribution in [0, 0.1) is 13.8 Å². The third-order valence-corrected chi connectivity index (χ3v) is 2.91. The van der Waals surface area contributed by atoms with Gasteiger partial charge in [-0.2, -0.15) is 0 Å². The smallest absolute Gasteiger partial charge is 0.105 e. The Morgan fingerprint density at radius 3 is 2.47 bits per heavy atom. The molecule has 0 spiro atoms. The van der Waals surface area contributed by atoms with Crippen LogP contribution in [-0.2, 0) is 4.74 Å². The zero-order valence-corrected chi connectivity index (χ0v) is 12.9. The largest absolute Gasteiger partial charge is 0.466 e. The van der Waals surface area contributed by atoms with Crippen LogP contribution in [0.25, 0.3) is 0 Å². The highest BCUT2D eigenvalue weighted by Gasteiger charge is 2.16. The minimum absolute atomic E-state index is 0.154. The molecule has 0 amide bonds. The van der Waals surface area contributed by atoms with Crippen molar-refractivity contribution >= 4 is 0 Å². The molecule has 0 aliphatic carbocycles. The van der Waals surface area contributed by atoms with Crippen LogP contribution in [0.2, 0.25) is 0 Å². The van der Waals surface area contributed by atoms with Gasteiger partial charge in [0.1, 0.15) is 11.5 Å². The van der Waals surface area contributed by atoms with Crippen molar-refractivity contribution in [3.8, 4) is 0 Å². The van der Waals surface area contributed by atoms with E-state index in [1.165, 1.54) is 0 Å². The minimum Gasteiger partial charge on any atom is -0.466 e. The topological polar surface area (TPSA) is 54.6 Å². The van der Waals surface area contributed by atoms with Gasteiger partial charge in [0.2, 0.25) is 0 Å². The van der Waals surface area contributed by atoms with Crippen molar-refractivity contribution in [3.63, 3.8) is 0 Å². The highest BCUT2D eigenvalue weighted by atomic mass is 16.5. The lowest BCUT2D eigenvalue weighted by molar-refractivity contribution is -0.0482. The highest BCUT2D eigenvalue weighted by molar-refractivity contribution is 5.23. The summed E-state index contributed by atoms with van der Waals surface area (Å²) in [7, 11) is 0. The Bertz CT molecular complexity index is 393. The fourth-order valence-corrected chi connectivity index (χ4v) is 1.91. The van der Waals surface area contributed by atoms with Crippen LogP contribution in [0.15, 0.2) is 10.5 Å². The molecular weight excluding hydrogens is 242 g/mol. The summed E-state index contributed by atoms with van der Waals surface area (Å²) in [4.78, 5) is 0. The minimum atomic E-state index is -0.505. The van der Waals surface area contributed by atoms with Crippen LogP contribution >= 0.6 is 0 Å². The molecule has 110 valence electrons. The zero-order chi connectivity index (χ0) is 14.6. The Labute approximate surface area is 116 Å². The van der Waals surface area contributed by atoms with Gasteiger partial charge in [0.05, 0.1) is 18.3 Å². The fraction of sp³-hybridized carbons (Fsp3) is 0.733. The summed E-state index contributed by atoms with van der Waals surface area (Å²) in [5.74, 6) is 1.84. The molecule has 1 aromatic rings. The highest BCUT2D eigenvalue weighted by Crippen LogP contribution is 2.21. The van der Waals surface area contributed by atoms with Gasteiger partial charge in [-0.3, -0.25) is 0 Å². The zero-order valence-electron chi connectivity index (χ0n) is 12.9. The molecule has 0 aromatic carbocycles. The van der Waals surface area contributed by atoms with E-state index in [0.717, 1.165) is 17.1 Å². The van der Waals surface area contributed by atoms with Crippen molar-refractivity contribution in [1.29, 1.82) is 0 Å². The van der Waals surface area contributed by atoms with Crippen LogP contribution in [0.5, 0.6) is 0 Å². The van der Waals surface area contributed by atoms with Crippen molar-refractivity contribution in [1.82, 2.24) is 5.32 Å². The van der Waals surface area contributed by atoms with E-state index in [4.69, 9.17) is 9.15 Å². The molecule has 4 heteroatoms. The molecule has 1 heterocycles. The van der Waals surface area contributed by atoms with Gasteiger partial charge in [-0.05, 0) is 47.6 Å². The first-order valence-electron chi connectivity index (χ1n) is 6.81. The normalized spacial score (nSPS) is 15.5. The lowest BCUT2D eigenvalue weighted by atomic mass is 10.1. The van der Waals surface area contributed by atoms with Gasteiger partial charge in [0.15, 0.2) is 0 Å². The van der Waals surface area contributed by atoms with Gasteiger partial charge < -0.3 is 19.6 Å². The maximum Gasteiger partial charge on any atom is 0.105 e. The summed E-state index contributed by atoms with van der Waals surface area (Å²) in [6, 6.07) is 2.19. The van der Waals surface area contributed by atoms with E-state index in [1.54, 1.807) is 0 Å². The molecule has 0 bridgehead atoms. The number of rotatable bonds is 6. The molecule has 0 saturated heterocycles. The van der Waals surface area contributed by atoms with Gasteiger partial charge in [-0.15, -0.1) is 0 Å². The van der Waals surface area contributed by atoms with E-state index < -0.39 is 6.10 Å². The Hall–Kier alpha value is -0.840. The first kappa shape index (κ1) is 16.2. The number of nitrogens with one attached hydrogen (secondary N) is 1. The number of ether oxygens (including phenoxy) is 1. The molecule has 4 nitrogen and oxygen atoms in total. The molecule has 0 saturated carbocycles. The Balaban J connectivity index is 2.38.